The summed E-state index contributed by atoms with van der Waals surface area (Å²) >= 11 is 1.47. The molecule has 0 atom stereocenters. The highest BCUT2D eigenvalue weighted by atomic mass is 32.1. The van der Waals surface area contributed by atoms with Crippen molar-refractivity contribution in [2.24, 2.45) is 0 Å². The van der Waals surface area contributed by atoms with Gasteiger partial charge in [-0.25, -0.2) is 9.78 Å². The van der Waals surface area contributed by atoms with E-state index in [4.69, 9.17) is 9.15 Å². The maximum Gasteiger partial charge on any atom is 0.396 e. The third kappa shape index (κ3) is 2.08. The Balaban J connectivity index is 2.22. The molecule has 0 radical (unpaired) electrons. The summed E-state index contributed by atoms with van der Waals surface area (Å²) in [5.74, 6) is -0.539. The number of esters is 1. The van der Waals surface area contributed by atoms with Gasteiger partial charge in [0.2, 0.25) is 0 Å². The zero-order valence-corrected chi connectivity index (χ0v) is 9.58. The number of carbonyl (C=O) groups is 1. The van der Waals surface area contributed by atoms with Gasteiger partial charge in [-0.2, -0.15) is 0 Å². The van der Waals surface area contributed by atoms with Crippen molar-refractivity contribution >= 4 is 17.3 Å². The summed E-state index contributed by atoms with van der Waals surface area (Å²) in [6.07, 6.45) is 0. The SMILES string of the molecule is CCOC(=O)c1nnc(-c2csc(C)n2)o1. The minimum absolute atomic E-state index is 0.150. The van der Waals surface area contributed by atoms with Crippen molar-refractivity contribution in [3.63, 3.8) is 0 Å². The molecule has 0 saturated heterocycles. The molecule has 84 valence electrons. The van der Waals surface area contributed by atoms with Crippen LogP contribution in [0.3, 0.4) is 0 Å². The van der Waals surface area contributed by atoms with E-state index in [1.165, 1.54) is 11.3 Å². The third-order valence-electron chi connectivity index (χ3n) is 1.71. The largest absolute Gasteiger partial charge is 0.459 e. The van der Waals surface area contributed by atoms with Gasteiger partial charge in [-0.1, -0.05) is 0 Å². The Labute approximate surface area is 95.3 Å². The first-order chi connectivity index (χ1) is 7.70. The maximum atomic E-state index is 11.3. The van der Waals surface area contributed by atoms with Crippen molar-refractivity contribution in [1.29, 1.82) is 0 Å². The number of ether oxygens (including phenoxy) is 1. The van der Waals surface area contributed by atoms with Gasteiger partial charge >= 0.3 is 11.9 Å². The van der Waals surface area contributed by atoms with Gasteiger partial charge in [0, 0.05) is 5.38 Å². The number of rotatable bonds is 3. The molecule has 0 aromatic carbocycles. The second-order valence-electron chi connectivity index (χ2n) is 2.88. The fourth-order valence-corrected chi connectivity index (χ4v) is 1.65. The van der Waals surface area contributed by atoms with Crippen LogP contribution in [0.15, 0.2) is 9.80 Å². The molecule has 0 fully saturated rings. The van der Waals surface area contributed by atoms with E-state index in [9.17, 15) is 4.79 Å². The summed E-state index contributed by atoms with van der Waals surface area (Å²) < 4.78 is 9.87. The van der Waals surface area contributed by atoms with E-state index >= 15 is 0 Å². The fourth-order valence-electron chi connectivity index (χ4n) is 1.06. The number of aromatic nitrogens is 3. The van der Waals surface area contributed by atoms with Crippen LogP contribution in [0.5, 0.6) is 0 Å². The van der Waals surface area contributed by atoms with Gasteiger partial charge in [-0.05, 0) is 13.8 Å². The lowest BCUT2D eigenvalue weighted by molar-refractivity contribution is 0.0481. The Bertz CT molecular complexity index is 506. The van der Waals surface area contributed by atoms with Crippen LogP contribution in [0.1, 0.15) is 22.6 Å². The van der Waals surface area contributed by atoms with Crippen molar-refractivity contribution in [3.05, 3.63) is 16.3 Å². The van der Waals surface area contributed by atoms with Gasteiger partial charge in [-0.3, -0.25) is 0 Å². The highest BCUT2D eigenvalue weighted by Gasteiger charge is 2.17. The predicted molar refractivity (Wildman–Crippen MR) is 56.1 cm³/mol. The highest BCUT2D eigenvalue weighted by molar-refractivity contribution is 7.09. The molecule has 2 aromatic heterocycles. The van der Waals surface area contributed by atoms with Crippen LogP contribution in [0.25, 0.3) is 11.6 Å². The molecule has 0 unspecified atom stereocenters. The molecule has 16 heavy (non-hydrogen) atoms. The molecular weight excluding hydrogens is 230 g/mol. The summed E-state index contributed by atoms with van der Waals surface area (Å²) in [6, 6.07) is 0. The van der Waals surface area contributed by atoms with Crippen LogP contribution in [0.4, 0.5) is 0 Å². The molecule has 0 aliphatic rings. The standard InChI is InChI=1S/C9H9N3O3S/c1-3-14-9(13)8-12-11-7(15-8)6-4-16-5(2)10-6/h4H,3H2,1-2H3. The average Bonchev–Trinajstić information content (AvgIpc) is 2.85. The van der Waals surface area contributed by atoms with Crippen LogP contribution in [-0.2, 0) is 4.74 Å². The van der Waals surface area contributed by atoms with Crippen LogP contribution in [0.2, 0.25) is 0 Å². The van der Waals surface area contributed by atoms with Gasteiger partial charge in [0.1, 0.15) is 5.69 Å². The fraction of sp³-hybridized carbons (Fsp3) is 0.333. The van der Waals surface area contributed by atoms with Crippen molar-refractivity contribution in [2.75, 3.05) is 6.61 Å². The Morgan fingerprint density at radius 2 is 2.38 bits per heavy atom. The molecule has 6 nitrogen and oxygen atoms in total. The van der Waals surface area contributed by atoms with Crippen LogP contribution in [-0.4, -0.2) is 27.8 Å². The number of thiazole rings is 1. The number of aryl methyl sites for hydroxylation is 1. The average molecular weight is 239 g/mol. The predicted octanol–water partition coefficient (Wildman–Crippen LogP) is 1.68. The van der Waals surface area contributed by atoms with Crippen molar-refractivity contribution in [2.45, 2.75) is 13.8 Å². The van der Waals surface area contributed by atoms with Crippen molar-refractivity contribution in [1.82, 2.24) is 15.2 Å². The molecule has 0 bridgehead atoms. The number of carbonyl (C=O) groups excluding carboxylic acids is 1. The second-order valence-corrected chi connectivity index (χ2v) is 3.95. The topological polar surface area (TPSA) is 78.1 Å². The third-order valence-corrected chi connectivity index (χ3v) is 2.49. The summed E-state index contributed by atoms with van der Waals surface area (Å²) in [5.41, 5.74) is 0.575. The molecule has 2 rings (SSSR count). The first kappa shape index (κ1) is 10.7. The molecule has 0 aliphatic carbocycles. The van der Waals surface area contributed by atoms with E-state index in [2.05, 4.69) is 15.2 Å². The summed E-state index contributed by atoms with van der Waals surface area (Å²) in [7, 11) is 0. The monoisotopic (exact) mass is 239 g/mol. The first-order valence-corrected chi connectivity index (χ1v) is 5.51. The lowest BCUT2D eigenvalue weighted by Gasteiger charge is -1.93. The Morgan fingerprint density at radius 1 is 1.56 bits per heavy atom. The normalized spacial score (nSPS) is 10.4. The maximum absolute atomic E-state index is 11.3. The number of hydrogen-bond acceptors (Lipinski definition) is 7. The van der Waals surface area contributed by atoms with E-state index in [1.807, 2.05) is 6.92 Å². The smallest absolute Gasteiger partial charge is 0.396 e. The quantitative estimate of drug-likeness (QED) is 0.758. The molecule has 2 aromatic rings. The number of hydrogen-bond donors (Lipinski definition) is 0. The molecule has 0 spiro atoms. The molecule has 0 N–H and O–H groups in total. The second kappa shape index (κ2) is 4.40. The zero-order chi connectivity index (χ0) is 11.5. The minimum atomic E-state index is -0.617. The Hall–Kier alpha value is -1.76. The summed E-state index contributed by atoms with van der Waals surface area (Å²) in [6.45, 7) is 3.85. The lowest BCUT2D eigenvalue weighted by Crippen LogP contribution is -2.04. The van der Waals surface area contributed by atoms with Crippen LogP contribution >= 0.6 is 11.3 Å². The molecule has 2 heterocycles. The van der Waals surface area contributed by atoms with Gasteiger partial charge < -0.3 is 9.15 Å². The molecule has 0 amide bonds. The van der Waals surface area contributed by atoms with Crippen molar-refractivity contribution < 1.29 is 13.9 Å². The number of nitrogens with zero attached hydrogens (tertiary/aromatic N) is 3. The van der Waals surface area contributed by atoms with Gasteiger partial charge in [0.15, 0.2) is 0 Å². The first-order valence-electron chi connectivity index (χ1n) is 4.64. The zero-order valence-electron chi connectivity index (χ0n) is 8.76. The van der Waals surface area contributed by atoms with Crippen molar-refractivity contribution in [3.8, 4) is 11.6 Å². The lowest BCUT2D eigenvalue weighted by atomic mass is 10.5. The van der Waals surface area contributed by atoms with Gasteiger partial charge in [-0.15, -0.1) is 21.5 Å². The summed E-state index contributed by atoms with van der Waals surface area (Å²) in [4.78, 5) is 15.4. The molecular formula is C9H9N3O3S. The van der Waals surface area contributed by atoms with Crippen LogP contribution < -0.4 is 0 Å². The van der Waals surface area contributed by atoms with E-state index < -0.39 is 5.97 Å². The Kier molecular flexibility index (Phi) is 2.95. The van der Waals surface area contributed by atoms with E-state index in [0.29, 0.717) is 5.69 Å². The van der Waals surface area contributed by atoms with Gasteiger partial charge in [0.25, 0.3) is 5.89 Å². The van der Waals surface area contributed by atoms with E-state index in [1.54, 1.807) is 12.3 Å². The Morgan fingerprint density at radius 3 is 3.00 bits per heavy atom. The van der Waals surface area contributed by atoms with E-state index in [0.717, 1.165) is 5.01 Å². The van der Waals surface area contributed by atoms with Crippen LogP contribution in [0, 0.1) is 6.92 Å². The highest BCUT2D eigenvalue weighted by Crippen LogP contribution is 2.20. The molecule has 7 heteroatoms. The molecule has 0 aliphatic heterocycles. The summed E-state index contributed by atoms with van der Waals surface area (Å²) in [5, 5.41) is 10.0. The molecule has 0 saturated carbocycles. The van der Waals surface area contributed by atoms with Gasteiger partial charge in [0.05, 0.1) is 11.6 Å². The van der Waals surface area contributed by atoms with E-state index in [-0.39, 0.29) is 18.4 Å². The minimum Gasteiger partial charge on any atom is -0.459 e.